The maximum atomic E-state index is 2.33. The van der Waals surface area contributed by atoms with Crippen molar-refractivity contribution in [2.75, 3.05) is 0 Å². The van der Waals surface area contributed by atoms with Crippen LogP contribution in [0.25, 0.3) is 0 Å². The minimum absolute atomic E-state index is 0.847. The molecule has 11 heavy (non-hydrogen) atoms. The van der Waals surface area contributed by atoms with Crippen LogP contribution in [0.3, 0.4) is 0 Å². The van der Waals surface area contributed by atoms with Crippen LogP contribution in [-0.4, -0.2) is 10.5 Å². The van der Waals surface area contributed by atoms with Crippen LogP contribution in [-0.2, 0) is 0 Å². The molecule has 0 radical (unpaired) electrons. The van der Waals surface area contributed by atoms with E-state index in [0.717, 1.165) is 22.3 Å². The zero-order valence-corrected chi connectivity index (χ0v) is 8.36. The van der Waals surface area contributed by atoms with Crippen LogP contribution in [0.1, 0.15) is 39.5 Å². The summed E-state index contributed by atoms with van der Waals surface area (Å²) in [6.07, 6.45) is 6.17. The van der Waals surface area contributed by atoms with E-state index in [9.17, 15) is 0 Å². The predicted molar refractivity (Wildman–Crippen MR) is 52.0 cm³/mol. The lowest BCUT2D eigenvalue weighted by Crippen LogP contribution is -2.14. The molecule has 0 amide bonds. The van der Waals surface area contributed by atoms with Gasteiger partial charge in [-0.25, -0.2) is 0 Å². The van der Waals surface area contributed by atoms with Gasteiger partial charge in [-0.15, -0.1) is 0 Å². The lowest BCUT2D eigenvalue weighted by molar-refractivity contribution is 0.491. The molecule has 3 unspecified atom stereocenters. The first-order chi connectivity index (χ1) is 5.25. The Morgan fingerprint density at radius 1 is 1.18 bits per heavy atom. The summed E-state index contributed by atoms with van der Waals surface area (Å²) in [5.74, 6) is 2.23. The fourth-order valence-corrected chi connectivity index (χ4v) is 4.25. The minimum atomic E-state index is 0.847. The average molecular weight is 170 g/mol. The molecule has 2 fully saturated rings. The normalized spacial score (nSPS) is 42.3. The van der Waals surface area contributed by atoms with E-state index in [-0.39, 0.29) is 0 Å². The molecule has 64 valence electrons. The highest BCUT2D eigenvalue weighted by atomic mass is 32.2. The Hall–Kier alpha value is 0.350. The molecule has 3 atom stereocenters. The Kier molecular flexibility index (Phi) is 2.18. The van der Waals surface area contributed by atoms with E-state index in [1.54, 1.807) is 12.8 Å². The number of fused-ring (bicyclic) bond motifs is 2. The van der Waals surface area contributed by atoms with Gasteiger partial charge in [-0.3, -0.25) is 0 Å². The molecule has 2 aliphatic carbocycles. The van der Waals surface area contributed by atoms with Gasteiger partial charge in [-0.1, -0.05) is 20.3 Å². The summed E-state index contributed by atoms with van der Waals surface area (Å²) in [6.45, 7) is 4.66. The topological polar surface area (TPSA) is 0 Å². The van der Waals surface area contributed by atoms with E-state index in [0.29, 0.717) is 0 Å². The van der Waals surface area contributed by atoms with Gasteiger partial charge in [0.1, 0.15) is 0 Å². The van der Waals surface area contributed by atoms with Gasteiger partial charge in [0, 0.05) is 5.25 Å². The van der Waals surface area contributed by atoms with Crippen LogP contribution in [0.4, 0.5) is 0 Å². The van der Waals surface area contributed by atoms with Crippen molar-refractivity contribution in [3.8, 4) is 0 Å². The van der Waals surface area contributed by atoms with Crippen LogP contribution >= 0.6 is 11.8 Å². The van der Waals surface area contributed by atoms with E-state index >= 15 is 0 Å². The highest BCUT2D eigenvalue weighted by molar-refractivity contribution is 8.00. The second-order valence-corrected chi connectivity index (χ2v) is 6.22. The third-order valence-electron chi connectivity index (χ3n) is 3.12. The number of rotatable bonds is 2. The van der Waals surface area contributed by atoms with E-state index in [1.165, 1.54) is 12.8 Å². The average Bonchev–Trinajstić information content (AvgIpc) is 2.45. The maximum Gasteiger partial charge on any atom is 0.00806 e. The molecule has 0 aromatic carbocycles. The van der Waals surface area contributed by atoms with Gasteiger partial charge in [0.15, 0.2) is 0 Å². The standard InChI is InChI=1S/C10H18S/c1-7(2)11-10-6-8-3-4-9(10)5-8/h7-10H,3-6H2,1-2H3. The lowest BCUT2D eigenvalue weighted by atomic mass is 10.0. The summed E-state index contributed by atoms with van der Waals surface area (Å²) in [7, 11) is 0. The third kappa shape index (κ3) is 1.58. The summed E-state index contributed by atoms with van der Waals surface area (Å²) in [5, 5.41) is 1.88. The monoisotopic (exact) mass is 170 g/mol. The van der Waals surface area contributed by atoms with E-state index in [1.807, 2.05) is 0 Å². The summed E-state index contributed by atoms with van der Waals surface area (Å²) in [5.41, 5.74) is 0. The molecular weight excluding hydrogens is 152 g/mol. The lowest BCUT2D eigenvalue weighted by Gasteiger charge is -2.22. The largest absolute Gasteiger partial charge is 0.155 e. The molecule has 2 saturated carbocycles. The van der Waals surface area contributed by atoms with Crippen molar-refractivity contribution in [1.82, 2.24) is 0 Å². The van der Waals surface area contributed by atoms with Crippen LogP contribution in [0.2, 0.25) is 0 Å². The minimum Gasteiger partial charge on any atom is -0.155 e. The van der Waals surface area contributed by atoms with Gasteiger partial charge in [-0.05, 0) is 36.3 Å². The third-order valence-corrected chi connectivity index (χ3v) is 4.59. The van der Waals surface area contributed by atoms with Gasteiger partial charge in [-0.2, -0.15) is 11.8 Å². The van der Waals surface area contributed by atoms with Crippen molar-refractivity contribution in [3.63, 3.8) is 0 Å². The Bertz CT molecular complexity index is 142. The molecule has 2 aliphatic rings. The van der Waals surface area contributed by atoms with Crippen LogP contribution < -0.4 is 0 Å². The first kappa shape index (κ1) is 7.97. The molecule has 0 N–H and O–H groups in total. The van der Waals surface area contributed by atoms with Gasteiger partial charge in [0.2, 0.25) is 0 Å². The van der Waals surface area contributed by atoms with E-state index < -0.39 is 0 Å². The quantitative estimate of drug-likeness (QED) is 0.612. The van der Waals surface area contributed by atoms with Crippen molar-refractivity contribution in [1.29, 1.82) is 0 Å². The summed E-state index contributed by atoms with van der Waals surface area (Å²) in [4.78, 5) is 0. The van der Waals surface area contributed by atoms with Crippen molar-refractivity contribution >= 4 is 11.8 Å². The Labute approximate surface area is 74.1 Å². The SMILES string of the molecule is CC(C)SC1CC2CCC1C2. The van der Waals surface area contributed by atoms with Crippen molar-refractivity contribution in [2.45, 2.75) is 50.0 Å². The van der Waals surface area contributed by atoms with Gasteiger partial charge >= 0.3 is 0 Å². The molecule has 2 rings (SSSR count). The number of hydrogen-bond donors (Lipinski definition) is 0. The molecule has 0 spiro atoms. The predicted octanol–water partition coefficient (Wildman–Crippen LogP) is 3.32. The molecule has 0 aromatic heterocycles. The zero-order chi connectivity index (χ0) is 7.84. The van der Waals surface area contributed by atoms with Crippen LogP contribution in [0, 0.1) is 11.8 Å². The second kappa shape index (κ2) is 3.01. The molecule has 0 nitrogen and oxygen atoms in total. The highest BCUT2D eigenvalue weighted by Gasteiger charge is 2.39. The van der Waals surface area contributed by atoms with Crippen molar-refractivity contribution < 1.29 is 0 Å². The van der Waals surface area contributed by atoms with Crippen molar-refractivity contribution in [3.05, 3.63) is 0 Å². The molecular formula is C10H18S. The first-order valence-corrected chi connectivity index (χ1v) is 5.85. The number of hydrogen-bond acceptors (Lipinski definition) is 1. The molecule has 0 aromatic rings. The Morgan fingerprint density at radius 3 is 2.45 bits per heavy atom. The van der Waals surface area contributed by atoms with Crippen LogP contribution in [0.5, 0.6) is 0 Å². The van der Waals surface area contributed by atoms with E-state index in [2.05, 4.69) is 25.6 Å². The Balaban J connectivity index is 1.87. The Morgan fingerprint density at radius 2 is 2.00 bits per heavy atom. The molecule has 2 bridgehead atoms. The highest BCUT2D eigenvalue weighted by Crippen LogP contribution is 2.50. The molecule has 0 heterocycles. The van der Waals surface area contributed by atoms with E-state index in [4.69, 9.17) is 0 Å². The van der Waals surface area contributed by atoms with Gasteiger partial charge < -0.3 is 0 Å². The van der Waals surface area contributed by atoms with Crippen LogP contribution in [0.15, 0.2) is 0 Å². The summed E-state index contributed by atoms with van der Waals surface area (Å²) >= 11 is 2.23. The number of thioether (sulfide) groups is 1. The molecule has 0 aliphatic heterocycles. The molecule has 0 saturated heterocycles. The summed E-state index contributed by atoms with van der Waals surface area (Å²) in [6, 6.07) is 0. The fraction of sp³-hybridized carbons (Fsp3) is 1.00. The maximum absolute atomic E-state index is 2.33. The van der Waals surface area contributed by atoms with Gasteiger partial charge in [0.05, 0.1) is 0 Å². The first-order valence-electron chi connectivity index (χ1n) is 4.91. The van der Waals surface area contributed by atoms with Gasteiger partial charge in [0.25, 0.3) is 0 Å². The zero-order valence-electron chi connectivity index (χ0n) is 7.55. The second-order valence-electron chi connectivity index (χ2n) is 4.40. The van der Waals surface area contributed by atoms with Crippen molar-refractivity contribution in [2.24, 2.45) is 11.8 Å². The fourth-order valence-electron chi connectivity index (χ4n) is 2.70. The smallest absolute Gasteiger partial charge is 0.00806 e. The molecule has 1 heteroatoms. The summed E-state index contributed by atoms with van der Waals surface area (Å²) < 4.78 is 0.